The Morgan fingerprint density at radius 3 is 2.67 bits per heavy atom. The lowest BCUT2D eigenvalue weighted by Crippen LogP contribution is -2.61. The van der Waals surface area contributed by atoms with Crippen LogP contribution in [0.25, 0.3) is 0 Å². The van der Waals surface area contributed by atoms with Crippen molar-refractivity contribution in [1.29, 1.82) is 0 Å². The number of piperidine rings is 1. The molecule has 3 heterocycles. The van der Waals surface area contributed by atoms with Crippen molar-refractivity contribution in [1.82, 2.24) is 15.1 Å². The molecule has 7 nitrogen and oxygen atoms in total. The summed E-state index contributed by atoms with van der Waals surface area (Å²) in [6.45, 7) is 10.4. The molecule has 0 bridgehead atoms. The molecule has 0 radical (unpaired) electrons. The number of carbonyl (C=O) groups excluding carboxylic acids is 2. The molecule has 7 heteroatoms. The summed E-state index contributed by atoms with van der Waals surface area (Å²) in [4.78, 5) is 29.6. The van der Waals surface area contributed by atoms with Gasteiger partial charge in [-0.05, 0) is 69.7 Å². The second-order valence-electron chi connectivity index (χ2n) is 10.2. The zero-order chi connectivity index (χ0) is 23.1. The lowest BCUT2D eigenvalue weighted by atomic mass is 9.89. The number of nitrogens with zero attached hydrogens (tertiary/aromatic N) is 2. The second kappa shape index (κ2) is 9.11. The normalized spacial score (nSPS) is 28.6. The average molecular weight is 454 g/mol. The predicted octanol–water partition coefficient (Wildman–Crippen LogP) is 3.23. The SMILES string of the molecule is C=C1CCC(N2Cc3cc(O[C@H]4CCCC[C@@H]4N4CC(OC(C)C)C4)ccc3C2=O)C(=O)N1. The van der Waals surface area contributed by atoms with E-state index < -0.39 is 6.04 Å². The van der Waals surface area contributed by atoms with Crippen LogP contribution in [0.4, 0.5) is 0 Å². The van der Waals surface area contributed by atoms with Gasteiger partial charge >= 0.3 is 0 Å². The van der Waals surface area contributed by atoms with Gasteiger partial charge in [0, 0.05) is 36.9 Å². The zero-order valence-corrected chi connectivity index (χ0v) is 19.7. The largest absolute Gasteiger partial charge is 0.489 e. The molecule has 178 valence electrons. The summed E-state index contributed by atoms with van der Waals surface area (Å²) in [5.41, 5.74) is 2.34. The maximum Gasteiger partial charge on any atom is 0.255 e. The van der Waals surface area contributed by atoms with Gasteiger partial charge in [0.2, 0.25) is 5.91 Å². The zero-order valence-electron chi connectivity index (χ0n) is 19.7. The monoisotopic (exact) mass is 453 g/mol. The van der Waals surface area contributed by atoms with Gasteiger partial charge in [-0.15, -0.1) is 0 Å². The van der Waals surface area contributed by atoms with Crippen molar-refractivity contribution in [2.24, 2.45) is 0 Å². The Labute approximate surface area is 196 Å². The Kier molecular flexibility index (Phi) is 6.18. The fourth-order valence-corrected chi connectivity index (χ4v) is 5.72. The highest BCUT2D eigenvalue weighted by atomic mass is 16.5. The summed E-state index contributed by atoms with van der Waals surface area (Å²) in [5, 5.41) is 2.79. The molecule has 3 aliphatic heterocycles. The molecule has 1 aromatic rings. The van der Waals surface area contributed by atoms with Crippen molar-refractivity contribution in [2.45, 2.75) is 89.3 Å². The summed E-state index contributed by atoms with van der Waals surface area (Å²) < 4.78 is 12.5. The Bertz CT molecular complexity index is 939. The van der Waals surface area contributed by atoms with Crippen LogP contribution in [0.1, 0.15) is 68.3 Å². The van der Waals surface area contributed by atoms with Gasteiger partial charge in [-0.1, -0.05) is 13.0 Å². The summed E-state index contributed by atoms with van der Waals surface area (Å²) in [7, 11) is 0. The summed E-state index contributed by atoms with van der Waals surface area (Å²) in [6, 6.07) is 5.75. The van der Waals surface area contributed by atoms with Crippen LogP contribution < -0.4 is 10.1 Å². The van der Waals surface area contributed by atoms with E-state index in [1.165, 1.54) is 12.8 Å². The fourth-order valence-electron chi connectivity index (χ4n) is 5.72. The first-order chi connectivity index (χ1) is 15.9. The summed E-state index contributed by atoms with van der Waals surface area (Å²) >= 11 is 0. The molecule has 33 heavy (non-hydrogen) atoms. The lowest BCUT2D eigenvalue weighted by Gasteiger charge is -2.48. The standard InChI is InChI=1S/C26H35N3O4/c1-16(2)32-20-14-28(15-20)22-6-4-5-7-24(22)33-19-9-10-21-18(12-19)13-29(26(21)31)23-11-8-17(3)27-25(23)30/h9-10,12,16,20,22-24H,3-8,11,13-15H2,1-2H3,(H,27,30)/t22-,23?,24-/m0/s1. The van der Waals surface area contributed by atoms with Crippen LogP contribution >= 0.6 is 0 Å². The lowest BCUT2D eigenvalue weighted by molar-refractivity contribution is -0.126. The van der Waals surface area contributed by atoms with Crippen LogP contribution in [0.5, 0.6) is 5.75 Å². The minimum atomic E-state index is -0.435. The van der Waals surface area contributed by atoms with Crippen LogP contribution in [0.15, 0.2) is 30.5 Å². The highest BCUT2D eigenvalue weighted by molar-refractivity contribution is 6.01. The van der Waals surface area contributed by atoms with Crippen LogP contribution in [0.3, 0.4) is 0 Å². The molecule has 3 atom stereocenters. The van der Waals surface area contributed by atoms with E-state index >= 15 is 0 Å². The van der Waals surface area contributed by atoms with E-state index in [1.54, 1.807) is 4.90 Å². The number of hydrogen-bond donors (Lipinski definition) is 1. The Hall–Kier alpha value is -2.38. The summed E-state index contributed by atoms with van der Waals surface area (Å²) in [6.07, 6.45) is 6.69. The van der Waals surface area contributed by atoms with Crippen molar-refractivity contribution in [2.75, 3.05) is 13.1 Å². The van der Waals surface area contributed by atoms with Gasteiger partial charge < -0.3 is 19.7 Å². The molecule has 0 spiro atoms. The van der Waals surface area contributed by atoms with Crippen LogP contribution in [0.2, 0.25) is 0 Å². The highest BCUT2D eigenvalue weighted by Gasteiger charge is 2.40. The molecule has 2 amide bonds. The van der Waals surface area contributed by atoms with Crippen molar-refractivity contribution >= 4 is 11.8 Å². The van der Waals surface area contributed by atoms with Gasteiger partial charge in [-0.3, -0.25) is 14.5 Å². The third-order valence-corrected chi connectivity index (χ3v) is 7.37. The van der Waals surface area contributed by atoms with Crippen LogP contribution in [0, 0.1) is 0 Å². The Balaban J connectivity index is 1.24. The number of amides is 2. The molecular formula is C26H35N3O4. The molecule has 2 saturated heterocycles. The molecule has 1 aromatic carbocycles. The van der Waals surface area contributed by atoms with E-state index in [1.807, 2.05) is 18.2 Å². The number of likely N-dealkylation sites (tertiary alicyclic amines) is 1. The van der Waals surface area contributed by atoms with Crippen molar-refractivity contribution in [3.05, 3.63) is 41.6 Å². The van der Waals surface area contributed by atoms with Crippen molar-refractivity contribution < 1.29 is 19.1 Å². The van der Waals surface area contributed by atoms with E-state index in [2.05, 4.69) is 30.6 Å². The van der Waals surface area contributed by atoms with Gasteiger partial charge in [-0.25, -0.2) is 0 Å². The third kappa shape index (κ3) is 4.53. The maximum atomic E-state index is 13.0. The molecular weight excluding hydrogens is 418 g/mol. The van der Waals surface area contributed by atoms with Gasteiger partial charge in [-0.2, -0.15) is 0 Å². The van der Waals surface area contributed by atoms with E-state index in [4.69, 9.17) is 9.47 Å². The van der Waals surface area contributed by atoms with E-state index in [0.29, 0.717) is 37.1 Å². The van der Waals surface area contributed by atoms with Crippen molar-refractivity contribution in [3.8, 4) is 5.75 Å². The van der Waals surface area contributed by atoms with Crippen molar-refractivity contribution in [3.63, 3.8) is 0 Å². The smallest absolute Gasteiger partial charge is 0.255 e. The third-order valence-electron chi connectivity index (χ3n) is 7.37. The number of allylic oxidation sites excluding steroid dienone is 1. The maximum absolute atomic E-state index is 13.0. The minimum Gasteiger partial charge on any atom is -0.489 e. The van der Waals surface area contributed by atoms with E-state index in [9.17, 15) is 9.59 Å². The first-order valence-corrected chi connectivity index (χ1v) is 12.4. The average Bonchev–Trinajstić information content (AvgIpc) is 3.06. The molecule has 5 rings (SSSR count). The summed E-state index contributed by atoms with van der Waals surface area (Å²) in [5.74, 6) is 0.608. The first kappa shape index (κ1) is 22.4. The molecule has 1 saturated carbocycles. The molecule has 4 aliphatic rings. The number of nitrogens with one attached hydrogen (secondary N) is 1. The topological polar surface area (TPSA) is 71.1 Å². The van der Waals surface area contributed by atoms with E-state index in [0.717, 1.165) is 42.9 Å². The second-order valence-corrected chi connectivity index (χ2v) is 10.2. The number of benzene rings is 1. The molecule has 0 aromatic heterocycles. The Morgan fingerprint density at radius 1 is 1.12 bits per heavy atom. The number of fused-ring (bicyclic) bond motifs is 1. The van der Waals surface area contributed by atoms with Gasteiger partial charge in [0.25, 0.3) is 5.91 Å². The predicted molar refractivity (Wildman–Crippen MR) is 125 cm³/mol. The minimum absolute atomic E-state index is 0.0727. The van der Waals surface area contributed by atoms with E-state index in [-0.39, 0.29) is 24.0 Å². The Morgan fingerprint density at radius 2 is 1.91 bits per heavy atom. The molecule has 3 fully saturated rings. The van der Waals surface area contributed by atoms with Crippen LogP contribution in [-0.2, 0) is 16.1 Å². The first-order valence-electron chi connectivity index (χ1n) is 12.4. The van der Waals surface area contributed by atoms with Crippen LogP contribution in [-0.4, -0.2) is 65.1 Å². The van der Waals surface area contributed by atoms with Gasteiger partial charge in [0.1, 0.15) is 17.9 Å². The number of rotatable bonds is 6. The fraction of sp³-hybridized carbons (Fsp3) is 0.615. The quantitative estimate of drug-likeness (QED) is 0.716. The highest BCUT2D eigenvalue weighted by Crippen LogP contribution is 2.34. The molecule has 1 aliphatic carbocycles. The molecule has 1 N–H and O–H groups in total. The van der Waals surface area contributed by atoms with Gasteiger partial charge in [0.05, 0.1) is 12.2 Å². The number of ether oxygens (including phenoxy) is 2. The number of carbonyl (C=O) groups is 2. The molecule has 1 unspecified atom stereocenters. The number of hydrogen-bond acceptors (Lipinski definition) is 5. The van der Waals surface area contributed by atoms with Gasteiger partial charge in [0.15, 0.2) is 0 Å².